The number of anilines is 2. The van der Waals surface area contributed by atoms with Crippen LogP contribution in [-0.2, 0) is 0 Å². The van der Waals surface area contributed by atoms with Crippen LogP contribution in [0.15, 0.2) is 59.2 Å². The van der Waals surface area contributed by atoms with Crippen LogP contribution in [0.2, 0.25) is 0 Å². The van der Waals surface area contributed by atoms with E-state index < -0.39 is 29.8 Å². The Morgan fingerprint density at radius 1 is 1.19 bits per heavy atom. The highest BCUT2D eigenvalue weighted by Crippen LogP contribution is 2.47. The minimum Gasteiger partial charge on any atom is -0.422 e. The van der Waals surface area contributed by atoms with E-state index in [0.717, 1.165) is 4.47 Å². The number of nitrogens with one attached hydrogen (secondary N) is 2. The van der Waals surface area contributed by atoms with Gasteiger partial charge in [0.05, 0.1) is 11.1 Å². The number of esters is 1. The first kappa shape index (κ1) is 25.3. The Hall–Kier alpha value is -3.79. The number of nitrogen functional groups attached to an aromatic ring is 1. The average molecular weight is 555 g/mol. The molecule has 3 aromatic rings. The molecule has 8 nitrogen and oxygen atoms in total. The van der Waals surface area contributed by atoms with Crippen molar-refractivity contribution in [2.24, 2.45) is 0 Å². The largest absolute Gasteiger partial charge is 0.422 e. The van der Waals surface area contributed by atoms with E-state index in [-0.39, 0.29) is 34.6 Å². The summed E-state index contributed by atoms with van der Waals surface area (Å²) in [6, 6.07) is 11.1. The molecule has 1 heterocycles. The van der Waals surface area contributed by atoms with Gasteiger partial charge in [-0.3, -0.25) is 10.1 Å². The van der Waals surface area contributed by atoms with E-state index in [1.54, 1.807) is 30.5 Å². The van der Waals surface area contributed by atoms with Crippen molar-refractivity contribution in [3.63, 3.8) is 0 Å². The molecular weight excluding hydrogens is 531 g/mol. The third-order valence-electron chi connectivity index (χ3n) is 5.68. The van der Waals surface area contributed by atoms with Crippen molar-refractivity contribution in [3.8, 4) is 5.75 Å². The first-order chi connectivity index (χ1) is 17.3. The molecule has 186 valence electrons. The normalized spacial score (nSPS) is 16.2. The molecule has 4 rings (SSSR count). The molecule has 10 heteroatoms. The molecule has 2 aromatic carbocycles. The first-order valence-electron chi connectivity index (χ1n) is 11.4. The lowest BCUT2D eigenvalue weighted by Gasteiger charge is -2.16. The maximum absolute atomic E-state index is 15.1. The van der Waals surface area contributed by atoms with Crippen molar-refractivity contribution in [1.82, 2.24) is 10.3 Å². The summed E-state index contributed by atoms with van der Waals surface area (Å²) in [6.45, 7) is 1.85. The molecule has 1 aliphatic carbocycles. The fourth-order valence-corrected chi connectivity index (χ4v) is 4.11. The fourth-order valence-electron chi connectivity index (χ4n) is 3.87. The van der Waals surface area contributed by atoms with Crippen LogP contribution in [0.1, 0.15) is 58.4 Å². The number of pyridine rings is 1. The highest BCUT2D eigenvalue weighted by atomic mass is 79.9. The topological polar surface area (TPSA) is 123 Å². The zero-order chi connectivity index (χ0) is 25.8. The summed E-state index contributed by atoms with van der Waals surface area (Å²) >= 11 is 3.28. The Balaban J connectivity index is 1.58. The lowest BCUT2D eigenvalue weighted by atomic mass is 9.99. The highest BCUT2D eigenvalue weighted by molar-refractivity contribution is 9.10. The van der Waals surface area contributed by atoms with Crippen LogP contribution in [0.4, 0.5) is 20.7 Å². The monoisotopic (exact) mass is 554 g/mol. The standard InChI is InChI=1S/C26H24BrFN4O4/c1-2-4-21(33)17-8-9-19(28)23(24(17)36-25(34)14-5-3-6-16(29)11-14)18-12-20(18)31-26(35)32-22-10-7-15(27)13-30-22/h3,5-11,13,18,20H,2,4,12,29H2,1H3,(H2,30,31,32,35)/t18-,20+/m0/s1. The van der Waals surface area contributed by atoms with Crippen molar-refractivity contribution < 1.29 is 23.5 Å². The third kappa shape index (κ3) is 5.88. The van der Waals surface area contributed by atoms with Gasteiger partial charge in [-0.25, -0.2) is 19.0 Å². The number of carbonyl (C=O) groups excluding carboxylic acids is 3. The van der Waals surface area contributed by atoms with Crippen LogP contribution in [0.5, 0.6) is 5.75 Å². The van der Waals surface area contributed by atoms with Crippen LogP contribution >= 0.6 is 15.9 Å². The van der Waals surface area contributed by atoms with Crippen molar-refractivity contribution in [1.29, 1.82) is 0 Å². The number of nitrogens with two attached hydrogens (primary N) is 1. The summed E-state index contributed by atoms with van der Waals surface area (Å²) in [4.78, 5) is 42.2. The van der Waals surface area contributed by atoms with Crippen molar-refractivity contribution in [3.05, 3.63) is 81.7 Å². The second-order valence-electron chi connectivity index (χ2n) is 8.43. The second kappa shape index (κ2) is 10.9. The molecule has 0 saturated heterocycles. The van der Waals surface area contributed by atoms with Gasteiger partial charge in [0.25, 0.3) is 0 Å². The van der Waals surface area contributed by atoms with Gasteiger partial charge in [-0.05, 0) is 71.2 Å². The van der Waals surface area contributed by atoms with E-state index >= 15 is 4.39 Å². The Kier molecular flexibility index (Phi) is 7.64. The van der Waals surface area contributed by atoms with Crippen LogP contribution < -0.4 is 21.1 Å². The molecule has 36 heavy (non-hydrogen) atoms. The molecule has 0 radical (unpaired) electrons. The Bertz CT molecular complexity index is 1320. The van der Waals surface area contributed by atoms with E-state index in [0.29, 0.717) is 24.3 Å². The van der Waals surface area contributed by atoms with Crippen LogP contribution in [-0.4, -0.2) is 28.8 Å². The summed E-state index contributed by atoms with van der Waals surface area (Å²) < 4.78 is 21.5. The number of rotatable bonds is 8. The predicted molar refractivity (Wildman–Crippen MR) is 137 cm³/mol. The number of aromatic nitrogens is 1. The summed E-state index contributed by atoms with van der Waals surface area (Å²) in [7, 11) is 0. The van der Waals surface area contributed by atoms with Gasteiger partial charge in [0.2, 0.25) is 0 Å². The zero-order valence-electron chi connectivity index (χ0n) is 19.4. The maximum Gasteiger partial charge on any atom is 0.343 e. The number of hydrogen-bond donors (Lipinski definition) is 3. The molecular formula is C26H24BrFN4O4. The minimum atomic E-state index is -0.760. The molecule has 1 aliphatic rings. The smallest absolute Gasteiger partial charge is 0.343 e. The van der Waals surface area contributed by atoms with Gasteiger partial charge in [0.1, 0.15) is 17.4 Å². The predicted octanol–water partition coefficient (Wildman–Crippen LogP) is 5.45. The summed E-state index contributed by atoms with van der Waals surface area (Å²) in [5, 5.41) is 5.40. The van der Waals surface area contributed by atoms with Gasteiger partial charge in [0.15, 0.2) is 5.78 Å². The van der Waals surface area contributed by atoms with Crippen molar-refractivity contribution in [2.75, 3.05) is 11.1 Å². The Labute approximate surface area is 215 Å². The molecule has 0 spiro atoms. The number of nitrogens with zero attached hydrogens (tertiary/aromatic N) is 1. The quantitative estimate of drug-likeness (QED) is 0.147. The van der Waals surface area contributed by atoms with E-state index in [4.69, 9.17) is 10.5 Å². The molecule has 1 saturated carbocycles. The summed E-state index contributed by atoms with van der Waals surface area (Å²) in [6.07, 6.45) is 2.74. The van der Waals surface area contributed by atoms with Gasteiger partial charge in [0, 0.05) is 40.3 Å². The van der Waals surface area contributed by atoms with E-state index in [9.17, 15) is 14.4 Å². The van der Waals surface area contributed by atoms with Crippen LogP contribution in [0, 0.1) is 5.82 Å². The lowest BCUT2D eigenvalue weighted by molar-refractivity contribution is 0.0730. The average Bonchev–Trinajstić information content (AvgIpc) is 3.58. The number of urea groups is 1. The third-order valence-corrected chi connectivity index (χ3v) is 6.15. The fraction of sp³-hybridized carbons (Fsp3) is 0.231. The van der Waals surface area contributed by atoms with Gasteiger partial charge in [-0.1, -0.05) is 13.0 Å². The maximum atomic E-state index is 15.1. The number of Topliss-reactive ketones (excluding diaryl/α,β-unsaturated/α-hetero) is 1. The molecule has 4 N–H and O–H groups in total. The van der Waals surface area contributed by atoms with Crippen molar-refractivity contribution in [2.45, 2.75) is 38.1 Å². The van der Waals surface area contributed by atoms with Gasteiger partial charge in [-0.15, -0.1) is 0 Å². The molecule has 0 unspecified atom stereocenters. The number of benzene rings is 2. The first-order valence-corrected chi connectivity index (χ1v) is 12.2. The van der Waals surface area contributed by atoms with Gasteiger partial charge >= 0.3 is 12.0 Å². The van der Waals surface area contributed by atoms with E-state index in [1.165, 1.54) is 24.3 Å². The summed E-state index contributed by atoms with van der Waals surface area (Å²) in [5.41, 5.74) is 6.52. The molecule has 2 amide bonds. The number of carbonyl (C=O) groups is 3. The number of halogens is 2. The van der Waals surface area contributed by atoms with E-state index in [1.807, 2.05) is 6.92 Å². The zero-order valence-corrected chi connectivity index (χ0v) is 21.0. The molecule has 1 aromatic heterocycles. The van der Waals surface area contributed by atoms with Crippen LogP contribution in [0.3, 0.4) is 0 Å². The van der Waals surface area contributed by atoms with Crippen molar-refractivity contribution >= 4 is 45.2 Å². The van der Waals surface area contributed by atoms with Gasteiger partial charge < -0.3 is 15.8 Å². The van der Waals surface area contributed by atoms with Gasteiger partial charge in [-0.2, -0.15) is 0 Å². The SMILES string of the molecule is CCCC(=O)c1ccc(F)c([C@H]2C[C@H]2NC(=O)Nc2ccc(Br)cn2)c1OC(=O)c1cccc(N)c1. The minimum absolute atomic E-state index is 0.0845. The Morgan fingerprint density at radius 3 is 2.69 bits per heavy atom. The lowest BCUT2D eigenvalue weighted by Crippen LogP contribution is -2.31. The number of ether oxygens (including phenoxy) is 1. The second-order valence-corrected chi connectivity index (χ2v) is 9.35. The summed E-state index contributed by atoms with van der Waals surface area (Å²) in [5.74, 6) is -1.90. The molecule has 2 atom stereocenters. The molecule has 0 aliphatic heterocycles. The number of ketones is 1. The van der Waals surface area contributed by atoms with E-state index in [2.05, 4.69) is 31.5 Å². The van der Waals surface area contributed by atoms with Crippen LogP contribution in [0.25, 0.3) is 0 Å². The molecule has 1 fully saturated rings. The highest BCUT2D eigenvalue weighted by Gasteiger charge is 2.44. The Morgan fingerprint density at radius 2 is 2.00 bits per heavy atom. The number of amides is 2. The molecule has 0 bridgehead atoms. The number of hydrogen-bond acceptors (Lipinski definition) is 6.